The molecule has 0 saturated carbocycles. The number of aromatic nitrogens is 2. The van der Waals surface area contributed by atoms with Gasteiger partial charge < -0.3 is 14.7 Å². The van der Waals surface area contributed by atoms with E-state index in [0.717, 1.165) is 24.3 Å². The lowest BCUT2D eigenvalue weighted by Gasteiger charge is -2.16. The van der Waals surface area contributed by atoms with E-state index in [4.69, 9.17) is 0 Å². The summed E-state index contributed by atoms with van der Waals surface area (Å²) in [6.45, 7) is 0. The predicted octanol–water partition coefficient (Wildman–Crippen LogP) is 2.93. The number of nitrogens with one attached hydrogen (secondary N) is 3. The van der Waals surface area contributed by atoms with Crippen molar-refractivity contribution < 1.29 is 39.5 Å². The lowest BCUT2D eigenvalue weighted by molar-refractivity contribution is -0.274. The zero-order chi connectivity index (χ0) is 23.2. The van der Waals surface area contributed by atoms with Crippen molar-refractivity contribution in [1.82, 2.24) is 9.97 Å². The molecule has 0 aliphatic heterocycles. The Morgan fingerprint density at radius 3 is 1.84 bits per heavy atom. The number of halogens is 6. The van der Waals surface area contributed by atoms with E-state index in [0.29, 0.717) is 12.1 Å². The van der Waals surface area contributed by atoms with Crippen LogP contribution in [0.3, 0.4) is 0 Å². The maximum absolute atomic E-state index is 13.5. The van der Waals surface area contributed by atoms with Crippen LogP contribution in [0.5, 0.6) is 5.75 Å². The van der Waals surface area contributed by atoms with Gasteiger partial charge in [-0.05, 0) is 36.4 Å². The Balaban J connectivity index is 2.07. The summed E-state index contributed by atoms with van der Waals surface area (Å²) in [5.41, 5.74) is -5.33. The van der Waals surface area contributed by atoms with Gasteiger partial charge in [0.15, 0.2) is 0 Å². The van der Waals surface area contributed by atoms with Crippen molar-refractivity contribution >= 4 is 26.7 Å². The number of H-pyrrole nitrogens is 2. The minimum Gasteiger partial charge on any atom is -0.406 e. The molecule has 8 nitrogen and oxygen atoms in total. The van der Waals surface area contributed by atoms with Crippen molar-refractivity contribution in [2.24, 2.45) is 0 Å². The van der Waals surface area contributed by atoms with Crippen LogP contribution < -0.4 is 20.6 Å². The molecule has 0 aliphatic rings. The third-order valence-electron chi connectivity index (χ3n) is 3.76. The Morgan fingerprint density at radius 1 is 0.839 bits per heavy atom. The molecule has 3 aromatic rings. The molecule has 1 heterocycles. The van der Waals surface area contributed by atoms with Crippen molar-refractivity contribution in [2.75, 3.05) is 4.72 Å². The van der Waals surface area contributed by atoms with E-state index in [9.17, 15) is 44.3 Å². The summed E-state index contributed by atoms with van der Waals surface area (Å²) in [6, 6.07) is 4.01. The molecule has 31 heavy (non-hydrogen) atoms. The molecule has 3 N–H and O–H groups in total. The molecular weight excluding hydrogens is 460 g/mol. The number of sulfonamides is 1. The lowest BCUT2D eigenvalue weighted by atomic mass is 10.2. The van der Waals surface area contributed by atoms with Crippen LogP contribution in [0.2, 0.25) is 0 Å². The van der Waals surface area contributed by atoms with Gasteiger partial charge in [-0.15, -0.1) is 13.2 Å². The highest BCUT2D eigenvalue weighted by Crippen LogP contribution is 2.36. The molecule has 0 fully saturated rings. The van der Waals surface area contributed by atoms with Crippen LogP contribution in [-0.4, -0.2) is 24.7 Å². The summed E-state index contributed by atoms with van der Waals surface area (Å²) >= 11 is 0. The van der Waals surface area contributed by atoms with Crippen LogP contribution in [0.4, 0.5) is 32.0 Å². The molecule has 2 aromatic carbocycles. The number of alkyl halides is 6. The van der Waals surface area contributed by atoms with Gasteiger partial charge in [-0.25, -0.2) is 8.42 Å². The normalized spacial score (nSPS) is 12.7. The first-order valence-electron chi connectivity index (χ1n) is 7.92. The van der Waals surface area contributed by atoms with Crippen molar-refractivity contribution in [3.63, 3.8) is 0 Å². The monoisotopic (exact) mass is 469 g/mol. The maximum atomic E-state index is 13.5. The van der Waals surface area contributed by atoms with Gasteiger partial charge in [-0.1, -0.05) is 0 Å². The highest BCUT2D eigenvalue weighted by Gasteiger charge is 2.38. The Morgan fingerprint density at radius 2 is 1.35 bits per heavy atom. The van der Waals surface area contributed by atoms with Crippen molar-refractivity contribution in [2.45, 2.75) is 17.4 Å². The SMILES string of the molecule is O=c1[nH]c2cc(C(F)(F)F)c(S(=O)(=O)Nc3ccc(OC(F)(F)F)cc3)cc2[nH]c1=O. The zero-order valence-electron chi connectivity index (χ0n) is 14.7. The smallest absolute Gasteiger partial charge is 0.406 e. The van der Waals surface area contributed by atoms with Gasteiger partial charge in [-0.3, -0.25) is 14.3 Å². The third kappa shape index (κ3) is 4.99. The van der Waals surface area contributed by atoms with E-state index in [1.165, 1.54) is 0 Å². The molecule has 0 unspecified atom stereocenters. The van der Waals surface area contributed by atoms with Crippen molar-refractivity contribution in [1.29, 1.82) is 0 Å². The van der Waals surface area contributed by atoms with Gasteiger partial charge >= 0.3 is 23.7 Å². The van der Waals surface area contributed by atoms with Gasteiger partial charge in [-0.2, -0.15) is 13.2 Å². The number of aromatic amines is 2. The number of benzene rings is 2. The Hall–Kier alpha value is -3.49. The van der Waals surface area contributed by atoms with E-state index >= 15 is 0 Å². The summed E-state index contributed by atoms with van der Waals surface area (Å²) in [5.74, 6) is -0.682. The Bertz CT molecular complexity index is 1360. The molecular formula is C16H9F6N3O5S. The molecule has 0 aliphatic carbocycles. The van der Waals surface area contributed by atoms with E-state index < -0.39 is 60.9 Å². The van der Waals surface area contributed by atoms with Crippen LogP contribution in [0, 0.1) is 0 Å². The summed E-state index contributed by atoms with van der Waals surface area (Å²) in [5, 5.41) is 0. The van der Waals surface area contributed by atoms with E-state index in [2.05, 4.69) is 4.74 Å². The highest BCUT2D eigenvalue weighted by molar-refractivity contribution is 7.92. The van der Waals surface area contributed by atoms with Crippen molar-refractivity contribution in [3.05, 3.63) is 62.7 Å². The second-order valence-electron chi connectivity index (χ2n) is 5.98. The second kappa shape index (κ2) is 7.33. The summed E-state index contributed by atoms with van der Waals surface area (Å²) in [7, 11) is -4.94. The second-order valence-corrected chi connectivity index (χ2v) is 7.63. The van der Waals surface area contributed by atoms with E-state index in [-0.39, 0.29) is 5.69 Å². The van der Waals surface area contributed by atoms with Gasteiger partial charge in [0.1, 0.15) is 10.6 Å². The van der Waals surface area contributed by atoms with Crippen LogP contribution in [0.1, 0.15) is 5.56 Å². The first kappa shape index (κ1) is 22.2. The number of hydrogen-bond acceptors (Lipinski definition) is 5. The van der Waals surface area contributed by atoms with Gasteiger partial charge in [0, 0.05) is 5.69 Å². The fourth-order valence-electron chi connectivity index (χ4n) is 2.52. The van der Waals surface area contributed by atoms with Crippen LogP contribution >= 0.6 is 0 Å². The largest absolute Gasteiger partial charge is 0.573 e. The molecule has 0 radical (unpaired) electrons. The molecule has 1 aromatic heterocycles. The van der Waals surface area contributed by atoms with Crippen LogP contribution in [-0.2, 0) is 16.2 Å². The summed E-state index contributed by atoms with van der Waals surface area (Å²) in [4.78, 5) is 25.3. The molecule has 0 atom stereocenters. The summed E-state index contributed by atoms with van der Waals surface area (Å²) < 4.78 is 108. The molecule has 0 bridgehead atoms. The molecule has 15 heteroatoms. The maximum Gasteiger partial charge on any atom is 0.573 e. The van der Waals surface area contributed by atoms with Crippen LogP contribution in [0.25, 0.3) is 11.0 Å². The molecule has 3 rings (SSSR count). The first-order chi connectivity index (χ1) is 14.2. The van der Waals surface area contributed by atoms with E-state index in [1.807, 2.05) is 9.97 Å². The molecule has 166 valence electrons. The number of fused-ring (bicyclic) bond motifs is 1. The van der Waals surface area contributed by atoms with E-state index in [1.54, 1.807) is 4.72 Å². The number of anilines is 1. The number of ether oxygens (including phenoxy) is 1. The topological polar surface area (TPSA) is 121 Å². The fraction of sp³-hybridized carbons (Fsp3) is 0.125. The van der Waals surface area contributed by atoms with Gasteiger partial charge in [0.05, 0.1) is 16.6 Å². The third-order valence-corrected chi connectivity index (χ3v) is 5.18. The first-order valence-corrected chi connectivity index (χ1v) is 9.40. The predicted molar refractivity (Wildman–Crippen MR) is 94.1 cm³/mol. The summed E-state index contributed by atoms with van der Waals surface area (Å²) in [6.07, 6.45) is -10.2. The fourth-order valence-corrected chi connectivity index (χ4v) is 3.82. The molecule has 0 spiro atoms. The number of rotatable bonds is 4. The average molecular weight is 469 g/mol. The van der Waals surface area contributed by atoms with Crippen molar-refractivity contribution in [3.8, 4) is 5.75 Å². The standard InChI is InChI=1S/C16H9F6N3O5S/c17-15(18,19)9-5-10-11(24-14(27)13(26)23-10)6-12(9)31(28,29)25-7-1-3-8(4-2-7)30-16(20,21)22/h1-6,25H,(H,23,26)(H,24,27). The average Bonchev–Trinajstić information content (AvgIpc) is 2.61. The minimum atomic E-state index is -5.17. The minimum absolute atomic E-state index is 0.335. The van der Waals surface area contributed by atoms with Gasteiger partial charge in [0.2, 0.25) is 0 Å². The number of hydrogen-bond donors (Lipinski definition) is 3. The van der Waals surface area contributed by atoms with Crippen LogP contribution in [0.15, 0.2) is 50.9 Å². The van der Waals surface area contributed by atoms with Gasteiger partial charge in [0.25, 0.3) is 10.0 Å². The Kier molecular flexibility index (Phi) is 5.25. The quantitative estimate of drug-likeness (QED) is 0.401. The Labute approximate surface area is 167 Å². The molecule has 0 saturated heterocycles. The zero-order valence-corrected chi connectivity index (χ0v) is 15.5. The lowest BCUT2D eigenvalue weighted by Crippen LogP contribution is -2.29. The highest BCUT2D eigenvalue weighted by atomic mass is 32.2. The molecule has 0 amide bonds.